The third-order valence-corrected chi connectivity index (χ3v) is 2.67. The normalized spacial score (nSPS) is 14.4. The minimum Gasteiger partial charge on any atom is -0.480 e. The van der Waals surface area contributed by atoms with Crippen molar-refractivity contribution in [3.8, 4) is 0 Å². The zero-order chi connectivity index (χ0) is 12.6. The van der Waals surface area contributed by atoms with Crippen molar-refractivity contribution >= 4 is 24.4 Å². The number of Topliss-reactive ketones (excluding diaryl/α,β-unsaturated/α-hetero) is 1. The van der Waals surface area contributed by atoms with Crippen molar-refractivity contribution in [3.05, 3.63) is 0 Å². The molecule has 0 saturated carbocycles. The van der Waals surface area contributed by atoms with Gasteiger partial charge in [-0.1, -0.05) is 13.3 Å². The minimum atomic E-state index is -0.928. The fourth-order valence-electron chi connectivity index (χ4n) is 1.42. The number of hydrogen-bond acceptors (Lipinski definition) is 4. The number of rotatable bonds is 9. The van der Waals surface area contributed by atoms with Crippen LogP contribution >= 0.6 is 12.6 Å². The summed E-state index contributed by atoms with van der Waals surface area (Å²) in [6.07, 6.45) is 2.88. The van der Waals surface area contributed by atoms with Crippen molar-refractivity contribution in [3.63, 3.8) is 0 Å². The third kappa shape index (κ3) is 6.85. The SMILES string of the molecule is CCCCC(=O)CC(C)NC(CS)C(=O)O. The van der Waals surface area contributed by atoms with Crippen LogP contribution in [0.5, 0.6) is 0 Å². The third-order valence-electron chi connectivity index (χ3n) is 2.31. The predicted molar refractivity (Wildman–Crippen MR) is 67.0 cm³/mol. The highest BCUT2D eigenvalue weighted by molar-refractivity contribution is 7.80. The van der Waals surface area contributed by atoms with E-state index in [1.54, 1.807) is 0 Å². The van der Waals surface area contributed by atoms with Crippen molar-refractivity contribution in [1.82, 2.24) is 5.32 Å². The van der Waals surface area contributed by atoms with Gasteiger partial charge in [0, 0.05) is 24.6 Å². The molecule has 0 spiro atoms. The molecule has 0 rings (SSSR count). The van der Waals surface area contributed by atoms with E-state index in [9.17, 15) is 9.59 Å². The van der Waals surface area contributed by atoms with Gasteiger partial charge in [-0.2, -0.15) is 12.6 Å². The Bertz CT molecular complexity index is 233. The van der Waals surface area contributed by atoms with E-state index in [1.807, 2.05) is 13.8 Å². The van der Waals surface area contributed by atoms with E-state index < -0.39 is 12.0 Å². The van der Waals surface area contributed by atoms with Gasteiger partial charge in [0.2, 0.25) is 0 Å². The molecule has 2 N–H and O–H groups in total. The number of nitrogens with one attached hydrogen (secondary N) is 1. The Hall–Kier alpha value is -0.550. The van der Waals surface area contributed by atoms with Gasteiger partial charge in [0.25, 0.3) is 0 Å². The smallest absolute Gasteiger partial charge is 0.321 e. The lowest BCUT2D eigenvalue weighted by atomic mass is 10.1. The Labute approximate surface area is 102 Å². The van der Waals surface area contributed by atoms with Crippen LogP contribution < -0.4 is 5.32 Å². The average molecular weight is 247 g/mol. The standard InChI is InChI=1S/C11H21NO3S/c1-3-4-5-9(13)6-8(2)12-10(7-16)11(14)15/h8,10,12,16H,3-7H2,1-2H3,(H,14,15). The van der Waals surface area contributed by atoms with Crippen LogP contribution in [-0.4, -0.2) is 34.7 Å². The first-order valence-corrected chi connectivity index (χ1v) is 6.25. The molecule has 0 bridgehead atoms. The van der Waals surface area contributed by atoms with Gasteiger partial charge >= 0.3 is 5.97 Å². The number of carboxylic acid groups (broad SMARTS) is 1. The molecule has 0 aromatic carbocycles. The molecule has 2 atom stereocenters. The molecule has 0 aliphatic rings. The Morgan fingerprint density at radius 2 is 2.06 bits per heavy atom. The van der Waals surface area contributed by atoms with Gasteiger partial charge in [0.15, 0.2) is 0 Å². The zero-order valence-corrected chi connectivity index (χ0v) is 10.8. The zero-order valence-electron chi connectivity index (χ0n) is 9.90. The summed E-state index contributed by atoms with van der Waals surface area (Å²) in [5, 5.41) is 11.7. The molecule has 0 amide bonds. The van der Waals surface area contributed by atoms with Crippen LogP contribution in [0.2, 0.25) is 0 Å². The van der Waals surface area contributed by atoms with Gasteiger partial charge < -0.3 is 10.4 Å². The van der Waals surface area contributed by atoms with Crippen molar-refractivity contribution in [1.29, 1.82) is 0 Å². The molecule has 0 aromatic heterocycles. The molecular weight excluding hydrogens is 226 g/mol. The lowest BCUT2D eigenvalue weighted by molar-refractivity contribution is -0.139. The summed E-state index contributed by atoms with van der Waals surface area (Å²) in [5.74, 6) is -0.518. The first-order valence-electron chi connectivity index (χ1n) is 5.62. The largest absolute Gasteiger partial charge is 0.480 e. The second-order valence-electron chi connectivity index (χ2n) is 3.99. The number of hydrogen-bond donors (Lipinski definition) is 3. The first-order chi connectivity index (χ1) is 7.51. The number of carbonyl (C=O) groups excluding carboxylic acids is 1. The van der Waals surface area contributed by atoms with Gasteiger partial charge in [0.1, 0.15) is 11.8 Å². The van der Waals surface area contributed by atoms with Gasteiger partial charge in [0.05, 0.1) is 0 Å². The fraction of sp³-hybridized carbons (Fsp3) is 0.818. The highest BCUT2D eigenvalue weighted by Gasteiger charge is 2.18. The molecule has 0 aliphatic carbocycles. The number of carboxylic acids is 1. The Kier molecular flexibility index (Phi) is 8.29. The maximum absolute atomic E-state index is 11.4. The van der Waals surface area contributed by atoms with Gasteiger partial charge in [-0.15, -0.1) is 0 Å². The van der Waals surface area contributed by atoms with E-state index in [0.29, 0.717) is 12.8 Å². The summed E-state index contributed by atoms with van der Waals surface area (Å²) < 4.78 is 0. The lowest BCUT2D eigenvalue weighted by Crippen LogP contribution is -2.44. The lowest BCUT2D eigenvalue weighted by Gasteiger charge is -2.18. The van der Waals surface area contributed by atoms with Crippen LogP contribution in [0.4, 0.5) is 0 Å². The summed E-state index contributed by atoms with van der Waals surface area (Å²) in [6, 6.07) is -0.796. The highest BCUT2D eigenvalue weighted by Crippen LogP contribution is 2.03. The monoisotopic (exact) mass is 247 g/mol. The average Bonchev–Trinajstić information content (AvgIpc) is 2.22. The number of ketones is 1. The summed E-state index contributed by atoms with van der Waals surface area (Å²) in [7, 11) is 0. The quantitative estimate of drug-likeness (QED) is 0.540. The van der Waals surface area contributed by atoms with Gasteiger partial charge in [-0.05, 0) is 13.3 Å². The highest BCUT2D eigenvalue weighted by atomic mass is 32.1. The van der Waals surface area contributed by atoms with Crippen LogP contribution in [0.15, 0.2) is 0 Å². The molecule has 4 nitrogen and oxygen atoms in total. The predicted octanol–water partition coefficient (Wildman–Crippen LogP) is 1.50. The van der Waals surface area contributed by atoms with E-state index in [2.05, 4.69) is 17.9 Å². The number of carbonyl (C=O) groups is 2. The summed E-state index contributed by atoms with van der Waals surface area (Å²) in [6.45, 7) is 3.86. The molecule has 0 aliphatic heterocycles. The van der Waals surface area contributed by atoms with Crippen molar-refractivity contribution < 1.29 is 14.7 Å². The number of unbranched alkanes of at least 4 members (excludes halogenated alkanes) is 1. The molecule has 94 valence electrons. The Morgan fingerprint density at radius 3 is 2.50 bits per heavy atom. The molecule has 5 heteroatoms. The maximum atomic E-state index is 11.4. The van der Waals surface area contributed by atoms with Crippen LogP contribution in [0.25, 0.3) is 0 Å². The van der Waals surface area contributed by atoms with Crippen molar-refractivity contribution in [2.24, 2.45) is 0 Å². The van der Waals surface area contributed by atoms with Crippen LogP contribution in [-0.2, 0) is 9.59 Å². The van der Waals surface area contributed by atoms with Crippen molar-refractivity contribution in [2.45, 2.75) is 51.6 Å². The molecule has 2 unspecified atom stereocenters. The van der Waals surface area contributed by atoms with Crippen LogP contribution in [0, 0.1) is 0 Å². The molecule has 0 saturated heterocycles. The first kappa shape index (κ1) is 15.4. The van der Waals surface area contributed by atoms with Crippen LogP contribution in [0.1, 0.15) is 39.5 Å². The molecule has 16 heavy (non-hydrogen) atoms. The number of aliphatic carboxylic acids is 1. The topological polar surface area (TPSA) is 66.4 Å². The second-order valence-corrected chi connectivity index (χ2v) is 4.35. The number of thiol groups is 1. The van der Waals surface area contributed by atoms with E-state index >= 15 is 0 Å². The second kappa shape index (κ2) is 8.58. The molecule has 0 fully saturated rings. The summed E-state index contributed by atoms with van der Waals surface area (Å²) >= 11 is 3.95. The molecule has 0 heterocycles. The Morgan fingerprint density at radius 1 is 1.44 bits per heavy atom. The van der Waals surface area contributed by atoms with E-state index in [0.717, 1.165) is 12.8 Å². The van der Waals surface area contributed by atoms with E-state index in [1.165, 1.54) is 0 Å². The summed E-state index contributed by atoms with van der Waals surface area (Å²) in [5.41, 5.74) is 0. The van der Waals surface area contributed by atoms with Crippen molar-refractivity contribution in [2.75, 3.05) is 5.75 Å². The molecule has 0 radical (unpaired) electrons. The van der Waals surface area contributed by atoms with E-state index in [-0.39, 0.29) is 17.6 Å². The minimum absolute atomic E-state index is 0.113. The van der Waals surface area contributed by atoms with Gasteiger partial charge in [-0.25, -0.2) is 0 Å². The molecular formula is C11H21NO3S. The van der Waals surface area contributed by atoms with Gasteiger partial charge in [-0.3, -0.25) is 9.59 Å². The Balaban J connectivity index is 3.92. The maximum Gasteiger partial charge on any atom is 0.321 e. The summed E-state index contributed by atoms with van der Waals surface area (Å²) in [4.78, 5) is 22.2. The van der Waals surface area contributed by atoms with E-state index in [4.69, 9.17) is 5.11 Å². The fourth-order valence-corrected chi connectivity index (χ4v) is 1.68. The van der Waals surface area contributed by atoms with Crippen LogP contribution in [0.3, 0.4) is 0 Å². The molecule has 0 aromatic rings.